The first-order valence-corrected chi connectivity index (χ1v) is 5.74. The summed E-state index contributed by atoms with van der Waals surface area (Å²) in [4.78, 5) is 12.9. The molecular weight excluding hydrogens is 190 g/mol. The molecule has 0 aromatic carbocycles. The highest BCUT2D eigenvalue weighted by Crippen LogP contribution is 2.00. The molecular formula is C12H23NO2. The molecule has 0 unspecified atom stereocenters. The molecule has 0 spiro atoms. The van der Waals surface area contributed by atoms with Crippen LogP contribution in [0.2, 0.25) is 0 Å². The van der Waals surface area contributed by atoms with Crippen LogP contribution in [0, 0.1) is 0 Å². The van der Waals surface area contributed by atoms with Gasteiger partial charge in [-0.3, -0.25) is 0 Å². The van der Waals surface area contributed by atoms with Crippen molar-refractivity contribution < 1.29 is 9.90 Å². The van der Waals surface area contributed by atoms with Crippen molar-refractivity contribution in [2.45, 2.75) is 40.0 Å². The second kappa shape index (κ2) is 8.48. The Balaban J connectivity index is 3.88. The minimum Gasteiger partial charge on any atom is -0.478 e. The molecule has 0 aromatic rings. The maximum absolute atomic E-state index is 10.5. The number of carbonyl (C=O) groups is 1. The maximum atomic E-state index is 10.5. The highest BCUT2D eigenvalue weighted by Gasteiger charge is 2.02. The summed E-state index contributed by atoms with van der Waals surface area (Å²) in [6, 6.07) is 0. The summed E-state index contributed by atoms with van der Waals surface area (Å²) < 4.78 is 0. The van der Waals surface area contributed by atoms with Gasteiger partial charge in [-0.05, 0) is 39.3 Å². The Labute approximate surface area is 92.8 Å². The van der Waals surface area contributed by atoms with Gasteiger partial charge in [-0.1, -0.05) is 19.9 Å². The zero-order valence-corrected chi connectivity index (χ0v) is 10.1. The molecule has 0 aromatic heterocycles. The van der Waals surface area contributed by atoms with Gasteiger partial charge in [0.15, 0.2) is 0 Å². The molecule has 0 fully saturated rings. The summed E-state index contributed by atoms with van der Waals surface area (Å²) in [5, 5.41) is 8.67. The zero-order valence-electron chi connectivity index (χ0n) is 10.1. The van der Waals surface area contributed by atoms with E-state index < -0.39 is 5.97 Å². The van der Waals surface area contributed by atoms with Crippen molar-refractivity contribution in [1.29, 1.82) is 0 Å². The number of nitrogens with zero attached hydrogens (tertiary/aromatic N) is 1. The van der Waals surface area contributed by atoms with Crippen LogP contribution >= 0.6 is 0 Å². The van der Waals surface area contributed by atoms with Crippen molar-refractivity contribution in [1.82, 2.24) is 4.90 Å². The minimum atomic E-state index is -0.812. The Morgan fingerprint density at radius 3 is 2.13 bits per heavy atom. The number of carboxylic acid groups (broad SMARTS) is 1. The van der Waals surface area contributed by atoms with E-state index in [-0.39, 0.29) is 0 Å². The topological polar surface area (TPSA) is 40.5 Å². The molecule has 0 bridgehead atoms. The van der Waals surface area contributed by atoms with Gasteiger partial charge in [0.2, 0.25) is 0 Å². The molecule has 0 aliphatic rings. The van der Waals surface area contributed by atoms with Crippen LogP contribution in [0.15, 0.2) is 11.6 Å². The van der Waals surface area contributed by atoms with E-state index in [0.717, 1.165) is 38.9 Å². The van der Waals surface area contributed by atoms with E-state index in [1.54, 1.807) is 13.0 Å². The number of carboxylic acids is 1. The lowest BCUT2D eigenvalue weighted by Gasteiger charge is -2.19. The summed E-state index contributed by atoms with van der Waals surface area (Å²) in [6.07, 6.45) is 4.95. The van der Waals surface area contributed by atoms with Gasteiger partial charge < -0.3 is 10.0 Å². The fourth-order valence-electron chi connectivity index (χ4n) is 1.52. The Bertz CT molecular complexity index is 206. The average molecular weight is 213 g/mol. The third-order valence-electron chi connectivity index (χ3n) is 2.31. The lowest BCUT2D eigenvalue weighted by atomic mass is 10.2. The molecule has 1 N–H and O–H groups in total. The van der Waals surface area contributed by atoms with Crippen LogP contribution in [0.4, 0.5) is 0 Å². The van der Waals surface area contributed by atoms with Crippen molar-refractivity contribution in [3.63, 3.8) is 0 Å². The second-order valence-corrected chi connectivity index (χ2v) is 3.82. The summed E-state index contributed by atoms with van der Waals surface area (Å²) in [6.45, 7) is 9.15. The Kier molecular flexibility index (Phi) is 8.01. The molecule has 0 rings (SSSR count). The van der Waals surface area contributed by atoms with Gasteiger partial charge in [0.05, 0.1) is 0 Å². The molecule has 88 valence electrons. The highest BCUT2D eigenvalue weighted by atomic mass is 16.4. The molecule has 0 amide bonds. The molecule has 0 aliphatic heterocycles. The molecule has 0 saturated heterocycles. The number of rotatable bonds is 8. The van der Waals surface area contributed by atoms with Crippen LogP contribution in [0.5, 0.6) is 0 Å². The SMILES string of the molecule is CCCN(CCC)CC/C=C(\C)C(=O)O. The van der Waals surface area contributed by atoms with Crippen LogP contribution in [0.3, 0.4) is 0 Å². The van der Waals surface area contributed by atoms with Crippen LogP contribution < -0.4 is 0 Å². The molecule has 3 nitrogen and oxygen atoms in total. The van der Waals surface area contributed by atoms with E-state index in [1.807, 2.05) is 0 Å². The Hall–Kier alpha value is -0.830. The van der Waals surface area contributed by atoms with Crippen molar-refractivity contribution >= 4 is 5.97 Å². The van der Waals surface area contributed by atoms with E-state index in [9.17, 15) is 4.79 Å². The molecule has 0 atom stereocenters. The van der Waals surface area contributed by atoms with E-state index in [4.69, 9.17) is 5.11 Å². The van der Waals surface area contributed by atoms with E-state index in [0.29, 0.717) is 5.57 Å². The predicted octanol–water partition coefficient (Wildman–Crippen LogP) is 2.53. The third-order valence-corrected chi connectivity index (χ3v) is 2.31. The molecule has 3 heteroatoms. The predicted molar refractivity (Wildman–Crippen MR) is 63.0 cm³/mol. The smallest absolute Gasteiger partial charge is 0.330 e. The quantitative estimate of drug-likeness (QED) is 0.630. The first kappa shape index (κ1) is 14.2. The first-order chi connectivity index (χ1) is 7.11. The van der Waals surface area contributed by atoms with Gasteiger partial charge in [0.1, 0.15) is 0 Å². The number of hydrogen-bond acceptors (Lipinski definition) is 2. The van der Waals surface area contributed by atoms with Gasteiger partial charge in [0.25, 0.3) is 0 Å². The van der Waals surface area contributed by atoms with E-state index >= 15 is 0 Å². The molecule has 0 aliphatic carbocycles. The van der Waals surface area contributed by atoms with Crippen LogP contribution in [0.1, 0.15) is 40.0 Å². The Morgan fingerprint density at radius 2 is 1.73 bits per heavy atom. The largest absolute Gasteiger partial charge is 0.478 e. The van der Waals surface area contributed by atoms with Gasteiger partial charge in [-0.25, -0.2) is 4.79 Å². The normalized spacial score (nSPS) is 12.1. The summed E-state index contributed by atoms with van der Waals surface area (Å²) in [7, 11) is 0. The summed E-state index contributed by atoms with van der Waals surface area (Å²) in [5.74, 6) is -0.812. The lowest BCUT2D eigenvalue weighted by Crippen LogP contribution is -2.26. The van der Waals surface area contributed by atoms with Crippen molar-refractivity contribution in [2.75, 3.05) is 19.6 Å². The molecule has 0 saturated carbocycles. The molecule has 15 heavy (non-hydrogen) atoms. The number of hydrogen-bond donors (Lipinski definition) is 1. The standard InChI is InChI=1S/C12H23NO2/c1-4-8-13(9-5-2)10-6-7-11(3)12(14)15/h7H,4-6,8-10H2,1-3H3,(H,14,15)/b11-7+. The number of aliphatic carboxylic acids is 1. The maximum Gasteiger partial charge on any atom is 0.330 e. The minimum absolute atomic E-state index is 0.447. The third kappa shape index (κ3) is 7.14. The highest BCUT2D eigenvalue weighted by molar-refractivity contribution is 5.85. The fraction of sp³-hybridized carbons (Fsp3) is 0.750. The fourth-order valence-corrected chi connectivity index (χ4v) is 1.52. The van der Waals surface area contributed by atoms with Crippen LogP contribution in [0.25, 0.3) is 0 Å². The van der Waals surface area contributed by atoms with Crippen LogP contribution in [-0.4, -0.2) is 35.6 Å². The van der Waals surface area contributed by atoms with Gasteiger partial charge in [0, 0.05) is 12.1 Å². The average Bonchev–Trinajstić information content (AvgIpc) is 2.18. The molecule has 0 radical (unpaired) electrons. The summed E-state index contributed by atoms with van der Waals surface area (Å²) in [5.41, 5.74) is 0.447. The van der Waals surface area contributed by atoms with Crippen molar-refractivity contribution in [3.05, 3.63) is 11.6 Å². The Morgan fingerprint density at radius 1 is 1.20 bits per heavy atom. The van der Waals surface area contributed by atoms with E-state index in [2.05, 4.69) is 18.7 Å². The summed E-state index contributed by atoms with van der Waals surface area (Å²) >= 11 is 0. The van der Waals surface area contributed by atoms with Crippen molar-refractivity contribution in [3.8, 4) is 0 Å². The first-order valence-electron chi connectivity index (χ1n) is 5.74. The monoisotopic (exact) mass is 213 g/mol. The molecule has 0 heterocycles. The van der Waals surface area contributed by atoms with Crippen LogP contribution in [-0.2, 0) is 4.79 Å². The zero-order chi connectivity index (χ0) is 11.7. The van der Waals surface area contributed by atoms with Crippen molar-refractivity contribution in [2.24, 2.45) is 0 Å². The lowest BCUT2D eigenvalue weighted by molar-refractivity contribution is -0.132. The van der Waals surface area contributed by atoms with E-state index in [1.165, 1.54) is 0 Å². The van der Waals surface area contributed by atoms with Gasteiger partial charge >= 0.3 is 5.97 Å². The van der Waals surface area contributed by atoms with Gasteiger partial charge in [-0.2, -0.15) is 0 Å². The van der Waals surface area contributed by atoms with Gasteiger partial charge in [-0.15, -0.1) is 0 Å². The second-order valence-electron chi connectivity index (χ2n) is 3.82.